The highest BCUT2D eigenvalue weighted by Crippen LogP contribution is 2.16. The zero-order chi connectivity index (χ0) is 19.1. The lowest BCUT2D eigenvalue weighted by molar-refractivity contribution is 0.0547. The Morgan fingerprint density at radius 3 is 2.44 bits per heavy atom. The van der Waals surface area contributed by atoms with Gasteiger partial charge < -0.3 is 9.64 Å². The van der Waals surface area contributed by atoms with Crippen molar-refractivity contribution in [2.24, 2.45) is 5.29 Å². The van der Waals surface area contributed by atoms with Crippen LogP contribution in [-0.4, -0.2) is 53.1 Å². The molecule has 1 aromatic heterocycles. The molecule has 0 saturated carbocycles. The molecule has 2 heterocycles. The minimum atomic E-state index is -0.593. The summed E-state index contributed by atoms with van der Waals surface area (Å²) >= 11 is 0. The van der Waals surface area contributed by atoms with Gasteiger partial charge in [-0.15, -0.1) is 4.91 Å². The Labute approximate surface area is 155 Å². The first-order valence-corrected chi connectivity index (χ1v) is 8.32. The van der Waals surface area contributed by atoms with Crippen molar-refractivity contribution >= 4 is 17.9 Å². The van der Waals surface area contributed by atoms with Gasteiger partial charge >= 0.3 is 6.03 Å². The zero-order valence-electron chi connectivity index (χ0n) is 14.4. The van der Waals surface area contributed by atoms with Crippen molar-refractivity contribution in [3.8, 4) is 0 Å². The van der Waals surface area contributed by atoms with E-state index in [4.69, 9.17) is 4.74 Å². The van der Waals surface area contributed by atoms with Crippen molar-refractivity contribution in [1.82, 2.24) is 20.3 Å². The zero-order valence-corrected chi connectivity index (χ0v) is 14.4. The first kappa shape index (κ1) is 18.4. The number of nitrogens with one attached hydrogen (secondary N) is 1. The van der Waals surface area contributed by atoms with E-state index in [1.807, 2.05) is 5.43 Å². The van der Waals surface area contributed by atoms with Gasteiger partial charge in [-0.05, 0) is 23.8 Å². The molecule has 0 atom stereocenters. The Hall–Kier alpha value is -3.40. The summed E-state index contributed by atoms with van der Waals surface area (Å²) in [5.41, 5.74) is 2.91. The van der Waals surface area contributed by atoms with Crippen molar-refractivity contribution in [3.05, 3.63) is 58.8 Å². The number of carbonyl (C=O) groups is 2. The third kappa shape index (κ3) is 4.61. The highest BCUT2D eigenvalue weighted by atomic mass is 16.5. The molecule has 1 fully saturated rings. The molecule has 0 radical (unpaired) electrons. The second kappa shape index (κ2) is 8.81. The lowest BCUT2D eigenvalue weighted by Gasteiger charge is -2.32. The number of morpholine rings is 1. The number of amides is 3. The number of nitroso groups, excluding NO2 is 1. The van der Waals surface area contributed by atoms with Crippen LogP contribution in [0, 0.1) is 4.91 Å². The molecule has 2 aromatic rings. The number of hydrogen-bond donors (Lipinski definition) is 1. The average Bonchev–Trinajstić information content (AvgIpc) is 2.73. The van der Waals surface area contributed by atoms with Gasteiger partial charge in [0.05, 0.1) is 25.0 Å². The molecule has 1 N–H and O–H groups in total. The van der Waals surface area contributed by atoms with Crippen LogP contribution in [-0.2, 0) is 11.3 Å². The number of benzene rings is 1. The van der Waals surface area contributed by atoms with Gasteiger partial charge in [0.25, 0.3) is 5.91 Å². The number of hydrogen-bond acceptors (Lipinski definition) is 7. The van der Waals surface area contributed by atoms with Crippen LogP contribution in [0.1, 0.15) is 15.9 Å². The fourth-order valence-corrected chi connectivity index (χ4v) is 2.63. The topological polar surface area (TPSA) is 117 Å². The Morgan fingerprint density at radius 2 is 1.81 bits per heavy atom. The van der Waals surface area contributed by atoms with Crippen LogP contribution in [0.5, 0.6) is 0 Å². The molecule has 10 heteroatoms. The van der Waals surface area contributed by atoms with Crippen molar-refractivity contribution in [2.75, 3.05) is 31.2 Å². The van der Waals surface area contributed by atoms with Gasteiger partial charge in [0.15, 0.2) is 0 Å². The summed E-state index contributed by atoms with van der Waals surface area (Å²) in [6.45, 7) is 2.21. The normalized spacial score (nSPS) is 13.7. The quantitative estimate of drug-likeness (QED) is 0.627. The van der Waals surface area contributed by atoms with Gasteiger partial charge in [-0.2, -0.15) is 0 Å². The van der Waals surface area contributed by atoms with Crippen LogP contribution in [0.4, 0.5) is 10.7 Å². The van der Waals surface area contributed by atoms with E-state index in [0.29, 0.717) is 37.8 Å². The molecule has 140 valence electrons. The van der Waals surface area contributed by atoms with E-state index >= 15 is 0 Å². The van der Waals surface area contributed by atoms with Gasteiger partial charge in [0.2, 0.25) is 5.95 Å². The van der Waals surface area contributed by atoms with Gasteiger partial charge in [-0.1, -0.05) is 12.1 Å². The highest BCUT2D eigenvalue weighted by Gasteiger charge is 2.26. The molecule has 3 amide bonds. The standard InChI is InChI=1S/C17H18N6O4/c24-15(20-21-26)14-4-2-13(3-5-14)12-23(16-18-6-1-7-19-16)17(25)22-8-10-27-11-9-22/h1-7H,8-12H2,(H,20,24,26). The SMILES string of the molecule is O=NNC(=O)c1ccc(CN(C(=O)N2CCOCC2)c2ncccn2)cc1. The maximum atomic E-state index is 13.0. The van der Waals surface area contributed by atoms with Crippen molar-refractivity contribution < 1.29 is 14.3 Å². The summed E-state index contributed by atoms with van der Waals surface area (Å²) in [5, 5.41) is 2.36. The van der Waals surface area contributed by atoms with Crippen LogP contribution in [0.2, 0.25) is 0 Å². The molecule has 0 bridgehead atoms. The predicted octanol–water partition coefficient (Wildman–Crippen LogP) is 1.35. The predicted molar refractivity (Wildman–Crippen MR) is 95.7 cm³/mol. The van der Waals surface area contributed by atoms with Gasteiger partial charge in [-0.25, -0.2) is 20.2 Å². The Morgan fingerprint density at radius 1 is 1.15 bits per heavy atom. The Balaban J connectivity index is 1.80. The summed E-state index contributed by atoms with van der Waals surface area (Å²) in [4.78, 5) is 46.2. The number of urea groups is 1. The molecular formula is C17H18N6O4. The summed E-state index contributed by atoms with van der Waals surface area (Å²) in [6.07, 6.45) is 3.14. The Kier molecular flexibility index (Phi) is 6.00. The summed E-state index contributed by atoms with van der Waals surface area (Å²) in [7, 11) is 0. The summed E-state index contributed by atoms with van der Waals surface area (Å²) in [6, 6.07) is 7.97. The van der Waals surface area contributed by atoms with Crippen molar-refractivity contribution in [3.63, 3.8) is 0 Å². The second-order valence-corrected chi connectivity index (χ2v) is 5.75. The van der Waals surface area contributed by atoms with E-state index in [9.17, 15) is 14.5 Å². The molecule has 10 nitrogen and oxygen atoms in total. The van der Waals surface area contributed by atoms with Gasteiger partial charge in [0, 0.05) is 31.0 Å². The fraction of sp³-hybridized carbons (Fsp3) is 0.294. The average molecular weight is 370 g/mol. The smallest absolute Gasteiger partial charge is 0.327 e. The van der Waals surface area contributed by atoms with Crippen LogP contribution < -0.4 is 10.3 Å². The van der Waals surface area contributed by atoms with E-state index in [-0.39, 0.29) is 12.6 Å². The second-order valence-electron chi connectivity index (χ2n) is 5.75. The molecule has 3 rings (SSSR count). The van der Waals surface area contributed by atoms with Crippen LogP contribution >= 0.6 is 0 Å². The van der Waals surface area contributed by atoms with Crippen LogP contribution in [0.3, 0.4) is 0 Å². The number of ether oxygens (including phenoxy) is 1. The molecule has 1 aliphatic heterocycles. The molecule has 0 spiro atoms. The Bertz CT molecular complexity index is 793. The van der Waals surface area contributed by atoms with E-state index < -0.39 is 5.91 Å². The highest BCUT2D eigenvalue weighted by molar-refractivity contribution is 5.94. The lowest BCUT2D eigenvalue weighted by Crippen LogP contribution is -2.48. The third-order valence-corrected chi connectivity index (χ3v) is 4.01. The van der Waals surface area contributed by atoms with E-state index in [0.717, 1.165) is 5.56 Å². The first-order chi connectivity index (χ1) is 13.2. The molecule has 0 unspecified atom stereocenters. The molecule has 27 heavy (non-hydrogen) atoms. The monoisotopic (exact) mass is 370 g/mol. The molecule has 1 aromatic carbocycles. The molecule has 1 saturated heterocycles. The maximum Gasteiger partial charge on any atom is 0.327 e. The van der Waals surface area contributed by atoms with Gasteiger partial charge in [-0.3, -0.25) is 9.69 Å². The van der Waals surface area contributed by atoms with E-state index in [1.165, 1.54) is 4.90 Å². The minimum Gasteiger partial charge on any atom is -0.378 e. The number of carbonyl (C=O) groups excluding carboxylic acids is 2. The molecule has 1 aliphatic rings. The molecule has 0 aliphatic carbocycles. The number of aromatic nitrogens is 2. The largest absolute Gasteiger partial charge is 0.378 e. The number of rotatable bonds is 5. The summed E-state index contributed by atoms with van der Waals surface area (Å²) in [5.74, 6) is -0.301. The van der Waals surface area contributed by atoms with E-state index in [1.54, 1.807) is 47.6 Å². The fourth-order valence-electron chi connectivity index (χ4n) is 2.63. The van der Waals surface area contributed by atoms with Crippen molar-refractivity contribution in [1.29, 1.82) is 0 Å². The first-order valence-electron chi connectivity index (χ1n) is 8.32. The van der Waals surface area contributed by atoms with E-state index in [2.05, 4.69) is 15.3 Å². The lowest BCUT2D eigenvalue weighted by atomic mass is 10.1. The summed E-state index contributed by atoms with van der Waals surface area (Å²) < 4.78 is 5.30. The van der Waals surface area contributed by atoms with Crippen LogP contribution in [0.15, 0.2) is 48.0 Å². The number of anilines is 1. The third-order valence-electron chi connectivity index (χ3n) is 4.01. The van der Waals surface area contributed by atoms with Crippen LogP contribution in [0.25, 0.3) is 0 Å². The van der Waals surface area contributed by atoms with Crippen molar-refractivity contribution in [2.45, 2.75) is 6.54 Å². The minimum absolute atomic E-state index is 0.212. The number of nitrogens with zero attached hydrogens (tertiary/aromatic N) is 5. The molecular weight excluding hydrogens is 352 g/mol. The van der Waals surface area contributed by atoms with Gasteiger partial charge in [0.1, 0.15) is 0 Å². The maximum absolute atomic E-state index is 13.0.